The van der Waals surface area contributed by atoms with Crippen molar-refractivity contribution in [2.24, 2.45) is 0 Å². The van der Waals surface area contributed by atoms with E-state index in [4.69, 9.17) is 5.73 Å². The van der Waals surface area contributed by atoms with Gasteiger partial charge < -0.3 is 5.73 Å². The van der Waals surface area contributed by atoms with E-state index in [1.54, 1.807) is 18.2 Å². The van der Waals surface area contributed by atoms with E-state index in [1.165, 1.54) is 0 Å². The monoisotopic (exact) mass is 214 g/mol. The third-order valence-electron chi connectivity index (χ3n) is 1.56. The fourth-order valence-electron chi connectivity index (χ4n) is 1.01. The highest BCUT2D eigenvalue weighted by Crippen LogP contribution is 2.24. The van der Waals surface area contributed by atoms with Crippen molar-refractivity contribution in [3.05, 3.63) is 18.2 Å². The van der Waals surface area contributed by atoms with Crippen LogP contribution in [0.4, 0.5) is 5.69 Å². The predicted molar refractivity (Wildman–Crippen MR) is 52.6 cm³/mol. The maximum Gasteiger partial charge on any atom is 0.207 e. The summed E-state index contributed by atoms with van der Waals surface area (Å²) < 4.78 is 22.2. The number of aromatic nitrogens is 1. The summed E-state index contributed by atoms with van der Waals surface area (Å²) >= 11 is 1.13. The van der Waals surface area contributed by atoms with E-state index in [2.05, 4.69) is 4.98 Å². The molecule has 0 aliphatic carbocycles. The number of benzene rings is 1. The fourth-order valence-corrected chi connectivity index (χ4v) is 2.54. The summed E-state index contributed by atoms with van der Waals surface area (Å²) in [5, 5.41) is 0. The summed E-state index contributed by atoms with van der Waals surface area (Å²) in [5.74, 6) is 0. The third kappa shape index (κ3) is 1.50. The van der Waals surface area contributed by atoms with Gasteiger partial charge in [0.15, 0.2) is 10.7 Å². The molecular weight excluding hydrogens is 208 g/mol. The smallest absolute Gasteiger partial charge is 0.207 e. The molecular formula is C7H6N2O2S2. The van der Waals surface area contributed by atoms with Crippen molar-refractivity contribution in [3.8, 4) is 0 Å². The van der Waals surface area contributed by atoms with Gasteiger partial charge in [0.25, 0.3) is 0 Å². The van der Waals surface area contributed by atoms with E-state index in [-0.39, 0.29) is 4.34 Å². The van der Waals surface area contributed by atoms with E-state index < -0.39 is 10.7 Å². The Morgan fingerprint density at radius 2 is 2.15 bits per heavy atom. The summed E-state index contributed by atoms with van der Waals surface area (Å²) in [7, 11) is -2.59. The standard InChI is InChI=1S/C7H6N2O2S2/c8-4-1-2-5-6(3-4)12-7(9-5)13(10)11/h1-3,13H,8H2. The number of thiazole rings is 1. The van der Waals surface area contributed by atoms with Crippen LogP contribution in [0.2, 0.25) is 0 Å². The van der Waals surface area contributed by atoms with Crippen LogP contribution in [0.1, 0.15) is 0 Å². The van der Waals surface area contributed by atoms with E-state index in [9.17, 15) is 8.42 Å². The third-order valence-corrected chi connectivity index (χ3v) is 3.51. The van der Waals surface area contributed by atoms with Crippen LogP contribution in [0, 0.1) is 0 Å². The van der Waals surface area contributed by atoms with Crippen LogP contribution < -0.4 is 5.73 Å². The first kappa shape index (κ1) is 8.46. The van der Waals surface area contributed by atoms with Gasteiger partial charge in [0.1, 0.15) is 0 Å². The molecule has 0 amide bonds. The Bertz CT molecular complexity index is 522. The molecule has 0 radical (unpaired) electrons. The van der Waals surface area contributed by atoms with Gasteiger partial charge in [0.2, 0.25) is 4.34 Å². The molecule has 0 aliphatic rings. The highest BCUT2D eigenvalue weighted by Gasteiger charge is 2.04. The Hall–Kier alpha value is -1.14. The molecule has 0 bridgehead atoms. The number of nitrogen functional groups attached to an aromatic ring is 1. The fraction of sp³-hybridized carbons (Fsp3) is 0. The SMILES string of the molecule is Nc1ccc2nc([SH](=O)=O)sc2c1. The predicted octanol–water partition coefficient (Wildman–Crippen LogP) is 0.849. The molecule has 6 heteroatoms. The maximum absolute atomic E-state index is 10.6. The Morgan fingerprint density at radius 1 is 1.38 bits per heavy atom. The maximum atomic E-state index is 10.6. The zero-order valence-corrected chi connectivity index (χ0v) is 8.14. The summed E-state index contributed by atoms with van der Waals surface area (Å²) in [6, 6.07) is 5.13. The first-order valence-electron chi connectivity index (χ1n) is 3.47. The number of anilines is 1. The largest absolute Gasteiger partial charge is 0.399 e. The lowest BCUT2D eigenvalue weighted by molar-refractivity contribution is 0.614. The minimum atomic E-state index is -2.59. The van der Waals surface area contributed by atoms with Gasteiger partial charge in [0, 0.05) is 5.69 Å². The second kappa shape index (κ2) is 2.97. The molecule has 1 aromatic carbocycles. The summed E-state index contributed by atoms with van der Waals surface area (Å²) in [6.45, 7) is 0. The van der Waals surface area contributed by atoms with E-state index >= 15 is 0 Å². The number of nitrogens with zero attached hydrogens (tertiary/aromatic N) is 1. The van der Waals surface area contributed by atoms with Crippen LogP contribution in [0.25, 0.3) is 10.2 Å². The lowest BCUT2D eigenvalue weighted by Crippen LogP contribution is -1.81. The molecule has 0 saturated heterocycles. The summed E-state index contributed by atoms with van der Waals surface area (Å²) in [6.07, 6.45) is 0. The summed E-state index contributed by atoms with van der Waals surface area (Å²) in [5.41, 5.74) is 6.83. The van der Waals surface area contributed by atoms with Crippen molar-refractivity contribution in [2.45, 2.75) is 4.34 Å². The molecule has 1 aromatic heterocycles. The summed E-state index contributed by atoms with van der Waals surface area (Å²) in [4.78, 5) is 3.92. The second-order valence-corrected chi connectivity index (χ2v) is 4.75. The number of fused-ring (bicyclic) bond motifs is 1. The van der Waals surface area contributed by atoms with Gasteiger partial charge in [-0.2, -0.15) is 0 Å². The molecule has 2 N–H and O–H groups in total. The quantitative estimate of drug-likeness (QED) is 0.545. The van der Waals surface area contributed by atoms with Gasteiger partial charge >= 0.3 is 0 Å². The van der Waals surface area contributed by atoms with Gasteiger partial charge in [-0.1, -0.05) is 0 Å². The van der Waals surface area contributed by atoms with Gasteiger partial charge in [-0.3, -0.25) is 0 Å². The number of hydrogen-bond acceptors (Lipinski definition) is 5. The van der Waals surface area contributed by atoms with E-state index in [0.717, 1.165) is 16.0 Å². The van der Waals surface area contributed by atoms with Crippen LogP contribution >= 0.6 is 11.3 Å². The molecule has 0 aliphatic heterocycles. The zero-order chi connectivity index (χ0) is 9.42. The van der Waals surface area contributed by atoms with Gasteiger partial charge in [0.05, 0.1) is 10.2 Å². The van der Waals surface area contributed by atoms with Crippen LogP contribution in [-0.4, -0.2) is 13.4 Å². The molecule has 2 aromatic rings. The van der Waals surface area contributed by atoms with Crippen LogP contribution in [0.5, 0.6) is 0 Å². The molecule has 4 nitrogen and oxygen atoms in total. The minimum absolute atomic E-state index is 0.135. The Labute approximate surface area is 80.0 Å². The molecule has 0 spiro atoms. The molecule has 2 rings (SSSR count). The normalized spacial score (nSPS) is 11.2. The highest BCUT2D eigenvalue weighted by atomic mass is 32.2. The Morgan fingerprint density at radius 3 is 2.85 bits per heavy atom. The number of hydrogen-bond donors (Lipinski definition) is 2. The first-order chi connectivity index (χ1) is 6.16. The van der Waals surface area contributed by atoms with Gasteiger partial charge in [-0.15, -0.1) is 11.3 Å². The average molecular weight is 214 g/mol. The number of thiol groups is 1. The van der Waals surface area contributed by atoms with E-state index in [1.807, 2.05) is 0 Å². The number of rotatable bonds is 1. The Balaban J connectivity index is 2.75. The molecule has 0 atom stereocenters. The molecule has 0 fully saturated rings. The Kier molecular flexibility index (Phi) is 1.93. The van der Waals surface area contributed by atoms with Crippen molar-refractivity contribution in [1.29, 1.82) is 0 Å². The van der Waals surface area contributed by atoms with Crippen molar-refractivity contribution in [3.63, 3.8) is 0 Å². The highest BCUT2D eigenvalue weighted by molar-refractivity contribution is 7.75. The topological polar surface area (TPSA) is 73.0 Å². The van der Waals surface area contributed by atoms with Gasteiger partial charge in [-0.05, 0) is 18.2 Å². The van der Waals surface area contributed by atoms with Crippen LogP contribution in [0.3, 0.4) is 0 Å². The molecule has 0 unspecified atom stereocenters. The average Bonchev–Trinajstić information content (AvgIpc) is 2.46. The molecule has 1 heterocycles. The van der Waals surface area contributed by atoms with Crippen LogP contribution in [0.15, 0.2) is 22.5 Å². The minimum Gasteiger partial charge on any atom is -0.399 e. The lowest BCUT2D eigenvalue weighted by Gasteiger charge is -1.88. The van der Waals surface area contributed by atoms with Crippen molar-refractivity contribution in [2.75, 3.05) is 5.73 Å². The van der Waals surface area contributed by atoms with Crippen molar-refractivity contribution >= 4 is 37.9 Å². The molecule has 0 saturated carbocycles. The van der Waals surface area contributed by atoms with Crippen molar-refractivity contribution < 1.29 is 8.42 Å². The molecule has 68 valence electrons. The van der Waals surface area contributed by atoms with Crippen LogP contribution in [-0.2, 0) is 10.7 Å². The second-order valence-electron chi connectivity index (χ2n) is 2.48. The van der Waals surface area contributed by atoms with E-state index in [0.29, 0.717) is 11.2 Å². The number of nitrogens with two attached hydrogens (primary N) is 1. The lowest BCUT2D eigenvalue weighted by atomic mass is 10.3. The van der Waals surface area contributed by atoms with Crippen molar-refractivity contribution in [1.82, 2.24) is 4.98 Å². The zero-order valence-electron chi connectivity index (χ0n) is 6.43. The van der Waals surface area contributed by atoms with Gasteiger partial charge in [-0.25, -0.2) is 13.4 Å². The molecule has 13 heavy (non-hydrogen) atoms. The first-order valence-corrected chi connectivity index (χ1v) is 5.46.